The second-order valence-electron chi connectivity index (χ2n) is 5.56. The number of benzene rings is 2. The molecule has 2 aromatic carbocycles. The van der Waals surface area contributed by atoms with Crippen molar-refractivity contribution in [3.8, 4) is 16.9 Å². The summed E-state index contributed by atoms with van der Waals surface area (Å²) in [6, 6.07) is 15.4. The summed E-state index contributed by atoms with van der Waals surface area (Å²) < 4.78 is 43.1. The number of para-hydroxylation sites is 1. The van der Waals surface area contributed by atoms with Gasteiger partial charge in [0.1, 0.15) is 0 Å². The zero-order valence-electron chi connectivity index (χ0n) is 14.1. The molecule has 0 radical (unpaired) electrons. The predicted octanol–water partition coefficient (Wildman–Crippen LogP) is 5.00. The molecule has 5 nitrogen and oxygen atoms in total. The highest BCUT2D eigenvalue weighted by Crippen LogP contribution is 2.41. The van der Waals surface area contributed by atoms with Crippen LogP contribution >= 0.6 is 28.1 Å². The molecule has 0 bridgehead atoms. The predicted molar refractivity (Wildman–Crippen MR) is 111 cm³/mol. The fourth-order valence-corrected chi connectivity index (χ4v) is 2.86. The van der Waals surface area contributed by atoms with Gasteiger partial charge in [-0.25, -0.2) is 9.67 Å². The average Bonchev–Trinajstić information content (AvgIpc) is 3.03. The average molecular weight is 468 g/mol. The lowest BCUT2D eigenvalue weighted by Crippen LogP contribution is -2.11. The van der Waals surface area contributed by atoms with E-state index in [9.17, 15) is 13.2 Å². The van der Waals surface area contributed by atoms with Crippen LogP contribution in [-0.2, 0) is 6.18 Å². The quantitative estimate of drug-likeness (QED) is 0.321. The highest BCUT2D eigenvalue weighted by Gasteiger charge is 2.40. The van der Waals surface area contributed by atoms with Gasteiger partial charge in [-0.3, -0.25) is 0 Å². The van der Waals surface area contributed by atoms with E-state index in [4.69, 9.17) is 5.73 Å². The van der Waals surface area contributed by atoms with Gasteiger partial charge in [-0.15, -0.1) is 0 Å². The highest BCUT2D eigenvalue weighted by molar-refractivity contribution is 9.10. The first-order chi connectivity index (χ1) is 13.3. The molecule has 3 rings (SSSR count). The summed E-state index contributed by atoms with van der Waals surface area (Å²) in [5.41, 5.74) is 5.19. The molecule has 0 spiro atoms. The fourth-order valence-electron chi connectivity index (χ4n) is 2.54. The van der Waals surface area contributed by atoms with Crippen molar-refractivity contribution in [2.24, 2.45) is 10.7 Å². The van der Waals surface area contributed by atoms with Gasteiger partial charge in [-0.1, -0.05) is 46.3 Å². The van der Waals surface area contributed by atoms with Crippen molar-refractivity contribution in [2.75, 3.05) is 5.32 Å². The largest absolute Gasteiger partial charge is 0.437 e. The molecule has 1 heterocycles. The van der Waals surface area contributed by atoms with E-state index in [1.54, 1.807) is 54.6 Å². The minimum absolute atomic E-state index is 0.207. The smallest absolute Gasteiger partial charge is 0.374 e. The number of alkyl halides is 3. The fraction of sp³-hybridized carbons (Fsp3) is 0.0556. The maximum Gasteiger partial charge on any atom is 0.437 e. The van der Waals surface area contributed by atoms with Gasteiger partial charge in [-0.05, 0) is 36.5 Å². The molecule has 0 saturated heterocycles. The SMILES string of the molecule is NC(=S)/N=C/Nc1c(C(F)(F)F)nn(-c2ccccc2)c1-c1ccc(Br)cc1. The second-order valence-corrected chi connectivity index (χ2v) is 6.90. The van der Waals surface area contributed by atoms with Gasteiger partial charge in [0.25, 0.3) is 0 Å². The third kappa shape index (κ3) is 4.39. The molecule has 28 heavy (non-hydrogen) atoms. The molecule has 0 aliphatic rings. The van der Waals surface area contributed by atoms with E-state index in [0.29, 0.717) is 11.3 Å². The summed E-state index contributed by atoms with van der Waals surface area (Å²) in [6.45, 7) is 0. The lowest BCUT2D eigenvalue weighted by atomic mass is 10.1. The molecular formula is C18H13BrF3N5S. The van der Waals surface area contributed by atoms with Crippen LogP contribution in [0.25, 0.3) is 16.9 Å². The molecule has 0 aliphatic heterocycles. The Balaban J connectivity index is 2.28. The minimum atomic E-state index is -4.69. The van der Waals surface area contributed by atoms with E-state index in [1.807, 2.05) is 0 Å². The first-order valence-electron chi connectivity index (χ1n) is 7.87. The number of hydrogen-bond acceptors (Lipinski definition) is 2. The molecule has 1 aromatic heterocycles. The van der Waals surface area contributed by atoms with Crippen molar-refractivity contribution >= 4 is 45.3 Å². The summed E-state index contributed by atoms with van der Waals surface area (Å²) in [5, 5.41) is 6.18. The number of halogens is 4. The van der Waals surface area contributed by atoms with Crippen LogP contribution in [0.1, 0.15) is 5.69 Å². The van der Waals surface area contributed by atoms with Gasteiger partial charge in [0.2, 0.25) is 0 Å². The van der Waals surface area contributed by atoms with Gasteiger partial charge in [-0.2, -0.15) is 18.3 Å². The van der Waals surface area contributed by atoms with Crippen molar-refractivity contribution in [1.82, 2.24) is 9.78 Å². The molecule has 3 aromatic rings. The Hall–Kier alpha value is -2.72. The van der Waals surface area contributed by atoms with E-state index in [2.05, 4.69) is 43.6 Å². The van der Waals surface area contributed by atoms with Crippen LogP contribution in [0.15, 0.2) is 64.1 Å². The maximum absolute atomic E-state index is 13.7. The van der Waals surface area contributed by atoms with Gasteiger partial charge in [0.05, 0.1) is 23.4 Å². The highest BCUT2D eigenvalue weighted by atomic mass is 79.9. The Bertz CT molecular complexity index is 1010. The third-order valence-electron chi connectivity index (χ3n) is 3.67. The number of anilines is 1. The molecule has 10 heteroatoms. The number of nitrogens with two attached hydrogens (primary N) is 1. The molecule has 0 atom stereocenters. The van der Waals surface area contributed by atoms with E-state index in [1.165, 1.54) is 4.68 Å². The molecule has 0 amide bonds. The van der Waals surface area contributed by atoms with Crippen LogP contribution in [0.2, 0.25) is 0 Å². The molecular weight excluding hydrogens is 455 g/mol. The maximum atomic E-state index is 13.7. The molecule has 0 saturated carbocycles. The van der Waals surface area contributed by atoms with E-state index in [-0.39, 0.29) is 16.5 Å². The minimum Gasteiger partial charge on any atom is -0.374 e. The van der Waals surface area contributed by atoms with Crippen molar-refractivity contribution in [2.45, 2.75) is 6.18 Å². The first kappa shape index (κ1) is 20.0. The Kier molecular flexibility index (Phi) is 5.80. The monoisotopic (exact) mass is 467 g/mol. The number of nitrogens with one attached hydrogen (secondary N) is 1. The topological polar surface area (TPSA) is 68.2 Å². The van der Waals surface area contributed by atoms with Crippen LogP contribution in [0.4, 0.5) is 18.9 Å². The van der Waals surface area contributed by atoms with Gasteiger partial charge >= 0.3 is 6.18 Å². The summed E-state index contributed by atoms with van der Waals surface area (Å²) >= 11 is 7.96. The van der Waals surface area contributed by atoms with Gasteiger partial charge in [0.15, 0.2) is 10.8 Å². The van der Waals surface area contributed by atoms with E-state index < -0.39 is 11.9 Å². The zero-order chi connectivity index (χ0) is 20.3. The number of nitrogens with zero attached hydrogens (tertiary/aromatic N) is 3. The Morgan fingerprint density at radius 1 is 1.14 bits per heavy atom. The standard InChI is InChI=1S/C18H13BrF3N5S/c19-12-8-6-11(7-9-12)15-14(24-10-25-17(23)28)16(18(20,21)22)26-27(15)13-4-2-1-3-5-13/h1-10H,(H3,23,24,25,28). The van der Waals surface area contributed by atoms with Crippen LogP contribution in [0.3, 0.4) is 0 Å². The summed E-state index contributed by atoms with van der Waals surface area (Å²) in [6.07, 6.45) is -3.67. The number of hydrogen-bond donors (Lipinski definition) is 2. The van der Waals surface area contributed by atoms with Crippen LogP contribution < -0.4 is 11.1 Å². The molecule has 0 unspecified atom stereocenters. The van der Waals surface area contributed by atoms with Crippen LogP contribution in [0, 0.1) is 0 Å². The van der Waals surface area contributed by atoms with Gasteiger partial charge < -0.3 is 11.1 Å². The molecule has 0 aliphatic carbocycles. The van der Waals surface area contributed by atoms with Crippen LogP contribution in [-0.4, -0.2) is 21.2 Å². The molecule has 144 valence electrons. The van der Waals surface area contributed by atoms with Crippen molar-refractivity contribution in [3.63, 3.8) is 0 Å². The summed E-state index contributed by atoms with van der Waals surface area (Å²) in [5.74, 6) is 0. The summed E-state index contributed by atoms with van der Waals surface area (Å²) in [7, 11) is 0. The number of aromatic nitrogens is 2. The molecule has 3 N–H and O–H groups in total. The van der Waals surface area contributed by atoms with E-state index in [0.717, 1.165) is 10.8 Å². The normalized spacial score (nSPS) is 11.7. The van der Waals surface area contributed by atoms with E-state index >= 15 is 0 Å². The van der Waals surface area contributed by atoms with Crippen molar-refractivity contribution < 1.29 is 13.2 Å². The first-order valence-corrected chi connectivity index (χ1v) is 9.07. The van der Waals surface area contributed by atoms with Crippen molar-refractivity contribution in [3.05, 3.63) is 64.8 Å². The molecule has 0 fully saturated rings. The lowest BCUT2D eigenvalue weighted by Gasteiger charge is -2.10. The number of aliphatic imine (C=N–C) groups is 1. The lowest BCUT2D eigenvalue weighted by molar-refractivity contribution is -0.140. The summed E-state index contributed by atoms with van der Waals surface area (Å²) in [4.78, 5) is 3.64. The Morgan fingerprint density at radius 2 is 1.79 bits per heavy atom. The van der Waals surface area contributed by atoms with Gasteiger partial charge in [0, 0.05) is 10.0 Å². The second kappa shape index (κ2) is 8.11. The third-order valence-corrected chi connectivity index (χ3v) is 4.31. The van der Waals surface area contributed by atoms with Crippen molar-refractivity contribution in [1.29, 1.82) is 0 Å². The zero-order valence-corrected chi connectivity index (χ0v) is 16.5. The Labute approximate surface area is 172 Å². The number of thiocarbonyl (C=S) groups is 1. The number of rotatable bonds is 4. The Morgan fingerprint density at radius 3 is 2.36 bits per heavy atom. The van der Waals surface area contributed by atoms with Crippen LogP contribution in [0.5, 0.6) is 0 Å².